The lowest BCUT2D eigenvalue weighted by molar-refractivity contribution is 0.337. The van der Waals surface area contributed by atoms with Crippen molar-refractivity contribution in [3.63, 3.8) is 0 Å². The first-order chi connectivity index (χ1) is 7.81. The summed E-state index contributed by atoms with van der Waals surface area (Å²) in [6.07, 6.45) is 4.52. The summed E-state index contributed by atoms with van der Waals surface area (Å²) >= 11 is 0. The fourth-order valence-electron chi connectivity index (χ4n) is 2.40. The summed E-state index contributed by atoms with van der Waals surface area (Å²) in [6, 6.07) is 0.569. The zero-order valence-electron chi connectivity index (χ0n) is 12.8. The predicted molar refractivity (Wildman–Crippen MR) is 83.2 cm³/mol. The van der Waals surface area contributed by atoms with Crippen LogP contribution in [0.2, 0.25) is 0 Å². The molecule has 0 aromatic heterocycles. The van der Waals surface area contributed by atoms with E-state index in [1.54, 1.807) is 5.57 Å². The smallest absolute Gasteiger partial charge is 0.0795 e. The Kier molecular flexibility index (Phi) is 7.72. The van der Waals surface area contributed by atoms with Gasteiger partial charge in [0.1, 0.15) is 0 Å². The van der Waals surface area contributed by atoms with Gasteiger partial charge in [-0.1, -0.05) is 59.3 Å². The van der Waals surface area contributed by atoms with Gasteiger partial charge in [0.25, 0.3) is 0 Å². The van der Waals surface area contributed by atoms with Crippen LogP contribution >= 0.6 is 0 Å². The summed E-state index contributed by atoms with van der Waals surface area (Å²) in [5.74, 6) is 1.96. The molecule has 100 valence electrons. The first-order valence-corrected chi connectivity index (χ1v) is 7.73. The Morgan fingerprint density at radius 2 is 1.59 bits per heavy atom. The zero-order chi connectivity index (χ0) is 13.6. The fraction of sp³-hybridized carbons (Fsp3) is 0.733. The standard InChI is InChI=1S/C15H31NSi/c1-8-9-16(17)15(13(6)7)10-14(11(2)3)12(4)5/h8,10-13,15H,1,9H2,2-7,17H3. The molecular weight excluding hydrogens is 222 g/mol. The average Bonchev–Trinajstić information content (AvgIpc) is 2.16. The lowest BCUT2D eigenvalue weighted by atomic mass is 9.88. The van der Waals surface area contributed by atoms with E-state index in [9.17, 15) is 0 Å². The summed E-state index contributed by atoms with van der Waals surface area (Å²) in [5.41, 5.74) is 1.59. The first kappa shape index (κ1) is 16.7. The SMILES string of the molecule is C=CCN([SiH3])C(C=C(C(C)C)C(C)C)C(C)C. The van der Waals surface area contributed by atoms with Crippen LogP contribution < -0.4 is 0 Å². The third kappa shape index (κ3) is 5.69. The highest BCUT2D eigenvalue weighted by molar-refractivity contribution is 6.04. The van der Waals surface area contributed by atoms with Crippen LogP contribution in [-0.2, 0) is 0 Å². The van der Waals surface area contributed by atoms with Gasteiger partial charge in [0, 0.05) is 12.6 Å². The average molecular weight is 254 g/mol. The highest BCUT2D eigenvalue weighted by Gasteiger charge is 2.18. The van der Waals surface area contributed by atoms with Crippen LogP contribution in [0.4, 0.5) is 0 Å². The van der Waals surface area contributed by atoms with E-state index in [2.05, 4.69) is 58.8 Å². The molecular formula is C15H31NSi. The van der Waals surface area contributed by atoms with Gasteiger partial charge in [0.2, 0.25) is 0 Å². The normalized spacial score (nSPS) is 13.8. The molecule has 17 heavy (non-hydrogen) atoms. The van der Waals surface area contributed by atoms with Gasteiger partial charge < -0.3 is 4.57 Å². The van der Waals surface area contributed by atoms with Crippen molar-refractivity contribution in [2.45, 2.75) is 47.6 Å². The maximum atomic E-state index is 3.85. The number of rotatable bonds is 7. The summed E-state index contributed by atoms with van der Waals surface area (Å²) in [6.45, 7) is 18.7. The molecule has 0 saturated heterocycles. The van der Waals surface area contributed by atoms with Crippen LogP contribution in [0.25, 0.3) is 0 Å². The molecule has 2 heteroatoms. The van der Waals surface area contributed by atoms with Crippen LogP contribution in [0.3, 0.4) is 0 Å². The minimum atomic E-state index is 0.569. The van der Waals surface area contributed by atoms with Gasteiger partial charge in [-0.05, 0) is 17.8 Å². The first-order valence-electron chi connectivity index (χ1n) is 6.83. The number of allylic oxidation sites excluding steroid dienone is 1. The van der Waals surface area contributed by atoms with Gasteiger partial charge in [-0.15, -0.1) is 6.58 Å². The van der Waals surface area contributed by atoms with Crippen molar-refractivity contribution in [3.05, 3.63) is 24.3 Å². The van der Waals surface area contributed by atoms with E-state index in [-0.39, 0.29) is 0 Å². The highest BCUT2D eigenvalue weighted by atomic mass is 28.2. The van der Waals surface area contributed by atoms with Crippen molar-refractivity contribution in [3.8, 4) is 0 Å². The minimum absolute atomic E-state index is 0.569. The second-order valence-electron chi connectivity index (χ2n) is 5.94. The number of nitrogens with zero attached hydrogens (tertiary/aromatic N) is 1. The summed E-state index contributed by atoms with van der Waals surface area (Å²) in [7, 11) is 1.09. The fourth-order valence-corrected chi connectivity index (χ4v) is 3.41. The number of hydrogen-bond donors (Lipinski definition) is 0. The molecule has 0 amide bonds. The van der Waals surface area contributed by atoms with E-state index in [0.717, 1.165) is 16.9 Å². The molecule has 0 spiro atoms. The molecule has 0 radical (unpaired) electrons. The molecule has 1 atom stereocenters. The summed E-state index contributed by atoms with van der Waals surface area (Å²) < 4.78 is 2.52. The second-order valence-corrected chi connectivity index (χ2v) is 7.09. The molecule has 0 aliphatic heterocycles. The molecule has 1 unspecified atom stereocenters. The van der Waals surface area contributed by atoms with Crippen LogP contribution in [0.5, 0.6) is 0 Å². The van der Waals surface area contributed by atoms with Crippen LogP contribution in [0.1, 0.15) is 41.5 Å². The van der Waals surface area contributed by atoms with E-state index in [0.29, 0.717) is 23.8 Å². The van der Waals surface area contributed by atoms with Gasteiger partial charge in [0.05, 0.1) is 10.4 Å². The Morgan fingerprint density at radius 3 is 1.88 bits per heavy atom. The molecule has 0 rings (SSSR count). The van der Waals surface area contributed by atoms with Gasteiger partial charge in [0.15, 0.2) is 0 Å². The zero-order valence-corrected chi connectivity index (χ0v) is 14.8. The molecule has 0 aromatic rings. The van der Waals surface area contributed by atoms with Gasteiger partial charge in [-0.2, -0.15) is 0 Å². The third-order valence-corrected chi connectivity index (χ3v) is 4.27. The molecule has 0 heterocycles. The molecule has 0 aromatic carbocycles. The monoisotopic (exact) mass is 253 g/mol. The van der Waals surface area contributed by atoms with Crippen molar-refractivity contribution >= 4 is 10.4 Å². The second kappa shape index (κ2) is 7.88. The van der Waals surface area contributed by atoms with Crippen molar-refractivity contribution in [2.75, 3.05) is 6.54 Å². The number of hydrogen-bond acceptors (Lipinski definition) is 1. The maximum absolute atomic E-state index is 3.85. The van der Waals surface area contributed by atoms with Crippen molar-refractivity contribution in [1.82, 2.24) is 4.57 Å². The molecule has 0 saturated carbocycles. The molecule has 0 fully saturated rings. The third-order valence-electron chi connectivity index (χ3n) is 3.31. The molecule has 0 aliphatic rings. The Morgan fingerprint density at radius 1 is 1.12 bits per heavy atom. The summed E-state index contributed by atoms with van der Waals surface area (Å²) in [4.78, 5) is 0. The highest BCUT2D eigenvalue weighted by Crippen LogP contribution is 2.23. The summed E-state index contributed by atoms with van der Waals surface area (Å²) in [5, 5.41) is 0. The van der Waals surface area contributed by atoms with Crippen molar-refractivity contribution in [2.24, 2.45) is 17.8 Å². The largest absolute Gasteiger partial charge is 0.323 e. The molecule has 0 bridgehead atoms. The van der Waals surface area contributed by atoms with E-state index in [1.807, 2.05) is 6.08 Å². The Hall–Kier alpha value is -0.343. The minimum Gasteiger partial charge on any atom is -0.323 e. The quantitative estimate of drug-likeness (QED) is 0.498. The van der Waals surface area contributed by atoms with Crippen LogP contribution in [0.15, 0.2) is 24.3 Å². The Bertz CT molecular complexity index is 244. The lowest BCUT2D eigenvalue weighted by Gasteiger charge is -2.30. The van der Waals surface area contributed by atoms with Crippen molar-refractivity contribution in [1.29, 1.82) is 0 Å². The van der Waals surface area contributed by atoms with Gasteiger partial charge in [-0.25, -0.2) is 0 Å². The van der Waals surface area contributed by atoms with E-state index in [4.69, 9.17) is 0 Å². The lowest BCUT2D eigenvalue weighted by Crippen LogP contribution is -2.36. The Labute approximate surface area is 111 Å². The predicted octanol–water partition coefficient (Wildman–Crippen LogP) is 3.02. The Balaban J connectivity index is 5.05. The maximum Gasteiger partial charge on any atom is 0.0795 e. The topological polar surface area (TPSA) is 3.24 Å². The molecule has 0 aliphatic carbocycles. The van der Waals surface area contributed by atoms with Gasteiger partial charge >= 0.3 is 0 Å². The van der Waals surface area contributed by atoms with Crippen LogP contribution in [-0.4, -0.2) is 27.6 Å². The van der Waals surface area contributed by atoms with Crippen molar-refractivity contribution < 1.29 is 0 Å². The van der Waals surface area contributed by atoms with Crippen LogP contribution in [0, 0.1) is 17.8 Å². The van der Waals surface area contributed by atoms with E-state index < -0.39 is 0 Å². The van der Waals surface area contributed by atoms with E-state index in [1.165, 1.54) is 0 Å². The molecule has 1 nitrogen and oxygen atoms in total. The van der Waals surface area contributed by atoms with E-state index >= 15 is 0 Å². The van der Waals surface area contributed by atoms with Gasteiger partial charge in [-0.3, -0.25) is 0 Å². The molecule has 0 N–H and O–H groups in total.